The number of fused-ring (bicyclic) bond motifs is 2. The van der Waals surface area contributed by atoms with Gasteiger partial charge in [0.2, 0.25) is 65.0 Å². The molecular formula is C76H93ClN18O13. The molecule has 6 aromatic carbocycles. The summed E-state index contributed by atoms with van der Waals surface area (Å²) in [5.41, 5.74) is 20.0. The van der Waals surface area contributed by atoms with Crippen LogP contribution in [0, 0.1) is 10.8 Å². The summed E-state index contributed by atoms with van der Waals surface area (Å²) in [6, 6.07) is 26.8. The fraction of sp³-hybridized carbons (Fsp3) is 0.355. The fourth-order valence-electron chi connectivity index (χ4n) is 12.6. The quantitative estimate of drug-likeness (QED) is 0.0143. The van der Waals surface area contributed by atoms with Crippen LogP contribution in [0.2, 0.25) is 5.02 Å². The molecule has 8 rings (SSSR count). The number of hydrogen-bond donors (Lipinski definition) is 19. The number of carbonyl (C=O) groups excluding carboxylic acids is 11. The third-order valence-corrected chi connectivity index (χ3v) is 18.5. The van der Waals surface area contributed by atoms with Gasteiger partial charge < -0.3 is 95.8 Å². The van der Waals surface area contributed by atoms with Gasteiger partial charge in [0, 0.05) is 80.8 Å². The van der Waals surface area contributed by atoms with Gasteiger partial charge in [-0.2, -0.15) is 0 Å². The summed E-state index contributed by atoms with van der Waals surface area (Å²) in [4.78, 5) is 162. The van der Waals surface area contributed by atoms with Crippen LogP contribution in [0.4, 0.5) is 0 Å². The highest BCUT2D eigenvalue weighted by Crippen LogP contribution is 2.24. The Labute approximate surface area is 628 Å². The number of aromatic amines is 1. The first-order chi connectivity index (χ1) is 51.7. The number of H-pyrrole nitrogens is 1. The number of aliphatic hydroxyl groups excluding tert-OH is 1. The van der Waals surface area contributed by atoms with Crippen molar-refractivity contribution in [3.05, 3.63) is 185 Å². The molecule has 1 fully saturated rings. The topological polar surface area (TPSA) is 505 Å². The van der Waals surface area contributed by atoms with Crippen LogP contribution in [0.25, 0.3) is 21.7 Å². The van der Waals surface area contributed by atoms with Crippen LogP contribution in [0.15, 0.2) is 152 Å². The number of aromatic nitrogens is 1. The van der Waals surface area contributed by atoms with Gasteiger partial charge in [-0.25, -0.2) is 0 Å². The third-order valence-electron chi connectivity index (χ3n) is 18.2. The Bertz CT molecular complexity index is 4360. The zero-order valence-electron chi connectivity index (χ0n) is 59.8. The lowest BCUT2D eigenvalue weighted by atomic mass is 9.99. The number of aliphatic hydroxyl groups is 1. The molecule has 2 heterocycles. The lowest BCUT2D eigenvalue weighted by Gasteiger charge is -2.31. The molecule has 0 unspecified atom stereocenters. The van der Waals surface area contributed by atoms with Crippen LogP contribution in [0.1, 0.15) is 80.2 Å². The Kier molecular flexibility index (Phi) is 30.1. The molecule has 0 spiro atoms. The van der Waals surface area contributed by atoms with Crippen molar-refractivity contribution in [2.75, 3.05) is 26.2 Å². The molecule has 22 N–H and O–H groups in total. The van der Waals surface area contributed by atoms with Gasteiger partial charge in [-0.05, 0) is 114 Å². The Balaban J connectivity index is 1.06. The number of aromatic hydroxyl groups is 1. The van der Waals surface area contributed by atoms with Crippen molar-refractivity contribution in [3.8, 4) is 5.75 Å². The lowest BCUT2D eigenvalue weighted by Crippen LogP contribution is -2.61. The van der Waals surface area contributed by atoms with Crippen LogP contribution >= 0.6 is 11.6 Å². The van der Waals surface area contributed by atoms with E-state index in [-0.39, 0.29) is 95.6 Å². The summed E-state index contributed by atoms with van der Waals surface area (Å²) >= 11 is 6.27. The van der Waals surface area contributed by atoms with Crippen LogP contribution in [0.5, 0.6) is 5.75 Å². The van der Waals surface area contributed by atoms with E-state index in [1.54, 1.807) is 85.1 Å². The van der Waals surface area contributed by atoms with E-state index in [4.69, 9.17) is 39.6 Å². The second-order valence-electron chi connectivity index (χ2n) is 26.5. The first-order valence-electron chi connectivity index (χ1n) is 35.4. The smallest absolute Gasteiger partial charge is 0.245 e. The fourth-order valence-corrected chi connectivity index (χ4v) is 12.7. The van der Waals surface area contributed by atoms with Crippen LogP contribution < -0.4 is 75.7 Å². The molecule has 0 bridgehead atoms. The molecule has 1 saturated heterocycles. The van der Waals surface area contributed by atoms with Crippen LogP contribution in [-0.4, -0.2) is 184 Å². The van der Waals surface area contributed by atoms with Gasteiger partial charge in [-0.15, -0.1) is 0 Å². The molecule has 572 valence electrons. The number of nitrogens with two attached hydrogens (primary N) is 3. The monoisotopic (exact) mass is 1500 g/mol. The second kappa shape index (κ2) is 39.8. The molecule has 31 nitrogen and oxygen atoms in total. The maximum atomic E-state index is 15.1. The first-order valence-corrected chi connectivity index (χ1v) is 35.8. The normalized spacial score (nSPS) is 15.0. The molecule has 10 atom stereocenters. The van der Waals surface area contributed by atoms with E-state index in [9.17, 15) is 43.8 Å². The van der Waals surface area contributed by atoms with Crippen molar-refractivity contribution < 1.29 is 63.0 Å². The minimum atomic E-state index is -1.86. The highest BCUT2D eigenvalue weighted by molar-refractivity contribution is 6.30. The standard InChI is InChI=1S/C76H93ClN18O13/c1-43(65(78)99)86-73(107)64-21-12-34-95(64)74(108)57(20-11-33-84-76(81)82)89-69(103)59(36-45-13-4-3-5-14-45)90-66(100)56(19-10-32-83-75(79)80)88-68(102)60(38-47-25-30-53(98)31-26-47)92-72(106)63(42-96)94-71(105)62(40-51-41-85-55-18-9-8-17-54(51)55)93-70(104)61(37-46-23-28-52(77)29-24-46)91-67(101)58(87-44(2)97)39-48-22-27-49-15-6-7-16-50(49)35-48/h3-9,13-18,22-31,35,41,43,56-64,85,96,98H,10-12,19-21,32-34,36-40,42H2,1-2H3,(H2,78,99)(H,86,107)(H,87,97)(H,88,102)(H,89,103)(H,90,100)(H,91,101)(H,92,106)(H,93,104)(H,94,105)(H4,79,80,83)(H4,81,82,84)/t43-,56-,57+,58-,59+,60+,61-,62-,63+,64+/m1/s1. The van der Waals surface area contributed by atoms with E-state index in [1.165, 1.54) is 43.0 Å². The Morgan fingerprint density at radius 2 is 0.963 bits per heavy atom. The van der Waals surface area contributed by atoms with Crippen LogP contribution in [0.3, 0.4) is 0 Å². The molecule has 108 heavy (non-hydrogen) atoms. The summed E-state index contributed by atoms with van der Waals surface area (Å²) < 4.78 is 0. The average Bonchev–Trinajstić information content (AvgIpc) is 1.69. The van der Waals surface area contributed by atoms with E-state index in [1.807, 2.05) is 42.5 Å². The minimum Gasteiger partial charge on any atom is -0.508 e. The number of para-hydroxylation sites is 1. The first kappa shape index (κ1) is 81.5. The summed E-state index contributed by atoms with van der Waals surface area (Å²) in [5, 5.41) is 69.2. The number of guanidine groups is 2. The van der Waals surface area contributed by atoms with Gasteiger partial charge in [-0.1, -0.05) is 127 Å². The number of phenols is 1. The molecule has 1 aromatic heterocycles. The minimum absolute atomic E-state index is 0.0128. The van der Waals surface area contributed by atoms with Gasteiger partial charge in [0.05, 0.1) is 6.61 Å². The number of phenolic OH excluding ortho intramolecular Hbond substituents is 1. The van der Waals surface area contributed by atoms with Gasteiger partial charge in [0.25, 0.3) is 0 Å². The number of amides is 11. The van der Waals surface area contributed by atoms with E-state index in [0.29, 0.717) is 50.2 Å². The average molecular weight is 1500 g/mol. The summed E-state index contributed by atoms with van der Waals surface area (Å²) in [6.07, 6.45) is 1.37. The SMILES string of the molecule is CC(=O)N[C@H](Cc1ccc2ccccc2c1)C(=O)N[C@H](Cc1ccc(Cl)cc1)C(=O)N[C@H](Cc1c[nH]c2ccccc12)C(=O)N[C@@H](CO)C(=O)N[C@@H](Cc1ccc(O)cc1)C(=O)N[C@H](CCCNC(=N)N)C(=O)N[C@@H](Cc1ccccc1)C(=O)N[C@@H](CCCNC(=N)N)C(=O)N1CCC[C@H]1C(=O)N[C@H](C)C(N)=O. The van der Waals surface area contributed by atoms with E-state index < -0.39 is 138 Å². The number of hydrogen-bond acceptors (Lipinski definition) is 15. The second-order valence-corrected chi connectivity index (χ2v) is 26.9. The third kappa shape index (κ3) is 24.5. The zero-order valence-corrected chi connectivity index (χ0v) is 60.5. The van der Waals surface area contributed by atoms with Crippen molar-refractivity contribution >= 4 is 110 Å². The predicted molar refractivity (Wildman–Crippen MR) is 405 cm³/mol. The molecule has 11 amide bonds. The highest BCUT2D eigenvalue weighted by Gasteiger charge is 2.40. The molecule has 1 aliphatic heterocycles. The van der Waals surface area contributed by atoms with E-state index >= 15 is 19.2 Å². The van der Waals surface area contributed by atoms with E-state index in [2.05, 4.69) is 63.5 Å². The van der Waals surface area contributed by atoms with Crippen molar-refractivity contribution in [2.45, 2.75) is 145 Å². The molecule has 0 radical (unpaired) electrons. The van der Waals surface area contributed by atoms with Crippen molar-refractivity contribution in [1.29, 1.82) is 10.8 Å². The molecular weight excluding hydrogens is 1410 g/mol. The molecule has 0 aliphatic carbocycles. The number of carbonyl (C=O) groups is 11. The van der Waals surface area contributed by atoms with Crippen molar-refractivity contribution in [3.63, 3.8) is 0 Å². The largest absolute Gasteiger partial charge is 0.508 e. The number of nitrogens with zero attached hydrogens (tertiary/aromatic N) is 1. The highest BCUT2D eigenvalue weighted by atomic mass is 35.5. The number of likely N-dealkylation sites (tertiary alicyclic amines) is 1. The Morgan fingerprint density at radius 1 is 0.519 bits per heavy atom. The van der Waals surface area contributed by atoms with Gasteiger partial charge >= 0.3 is 0 Å². The Morgan fingerprint density at radius 3 is 1.52 bits per heavy atom. The summed E-state index contributed by atoms with van der Waals surface area (Å²) in [5.74, 6) is -10.1. The lowest BCUT2D eigenvalue weighted by molar-refractivity contribution is -0.142. The number of nitrogens with one attached hydrogen (secondary N) is 14. The molecule has 0 saturated carbocycles. The molecule has 7 aromatic rings. The number of benzene rings is 6. The predicted octanol–water partition coefficient (Wildman–Crippen LogP) is 0.592. The van der Waals surface area contributed by atoms with Gasteiger partial charge in [0.1, 0.15) is 66.2 Å². The van der Waals surface area contributed by atoms with E-state index in [0.717, 1.165) is 10.8 Å². The van der Waals surface area contributed by atoms with Crippen LogP contribution in [-0.2, 0) is 84.8 Å². The van der Waals surface area contributed by atoms with Gasteiger partial charge in [-0.3, -0.25) is 63.6 Å². The number of rotatable bonds is 38. The number of primary amides is 1. The maximum Gasteiger partial charge on any atom is 0.245 e. The summed E-state index contributed by atoms with van der Waals surface area (Å²) in [6.45, 7) is 1.79. The maximum absolute atomic E-state index is 15.1. The number of halogens is 1. The van der Waals surface area contributed by atoms with Gasteiger partial charge in [0.15, 0.2) is 11.9 Å². The Hall–Kier alpha value is -12.1. The zero-order chi connectivity index (χ0) is 78.0. The van der Waals surface area contributed by atoms with Crippen molar-refractivity contribution in [1.82, 2.24) is 68.4 Å². The molecule has 32 heteroatoms. The molecule has 1 aliphatic rings. The van der Waals surface area contributed by atoms with Crippen molar-refractivity contribution in [2.24, 2.45) is 17.2 Å². The summed E-state index contributed by atoms with van der Waals surface area (Å²) in [7, 11) is 0.